The summed E-state index contributed by atoms with van der Waals surface area (Å²) in [6.07, 6.45) is 1.76. The molecule has 4 rings (SSSR count). The Hall–Kier alpha value is -2.88. The van der Waals surface area contributed by atoms with Crippen LogP contribution in [0.2, 0.25) is 0 Å². The van der Waals surface area contributed by atoms with E-state index >= 15 is 0 Å². The molecule has 26 heavy (non-hydrogen) atoms. The van der Waals surface area contributed by atoms with Gasteiger partial charge in [0.2, 0.25) is 5.89 Å². The van der Waals surface area contributed by atoms with Gasteiger partial charge in [-0.3, -0.25) is 0 Å². The van der Waals surface area contributed by atoms with Crippen LogP contribution in [0.5, 0.6) is 0 Å². The van der Waals surface area contributed by atoms with E-state index in [2.05, 4.69) is 89.3 Å². The molecule has 0 N–H and O–H groups in total. The quantitative estimate of drug-likeness (QED) is 0.486. The van der Waals surface area contributed by atoms with E-state index in [1.165, 1.54) is 16.5 Å². The predicted octanol–water partition coefficient (Wildman–Crippen LogP) is 5.13. The van der Waals surface area contributed by atoms with Crippen molar-refractivity contribution in [1.82, 2.24) is 14.8 Å². The summed E-state index contributed by atoms with van der Waals surface area (Å²) in [5, 5.41) is 9.74. The summed E-state index contributed by atoms with van der Waals surface area (Å²) in [5.41, 5.74) is 3.51. The third-order valence-electron chi connectivity index (χ3n) is 4.55. The Morgan fingerprint density at radius 3 is 2.54 bits per heavy atom. The van der Waals surface area contributed by atoms with Crippen LogP contribution in [0.1, 0.15) is 25.3 Å². The lowest BCUT2D eigenvalue weighted by Gasteiger charge is -2.09. The zero-order chi connectivity index (χ0) is 17.9. The van der Waals surface area contributed by atoms with Gasteiger partial charge >= 0.3 is 0 Å². The van der Waals surface area contributed by atoms with Crippen LogP contribution in [-0.4, -0.2) is 14.8 Å². The Kier molecular flexibility index (Phi) is 4.57. The summed E-state index contributed by atoms with van der Waals surface area (Å²) in [7, 11) is 0. The molecule has 4 nitrogen and oxygen atoms in total. The lowest BCUT2D eigenvalue weighted by molar-refractivity contribution is 0.463. The molecule has 0 spiro atoms. The zero-order valence-corrected chi connectivity index (χ0v) is 15.2. The molecule has 0 unspecified atom stereocenters. The fourth-order valence-electron chi connectivity index (χ4n) is 3.30. The lowest BCUT2D eigenvalue weighted by atomic mass is 10.1. The van der Waals surface area contributed by atoms with Gasteiger partial charge in [-0.2, -0.15) is 0 Å². The minimum atomic E-state index is 0.493. The summed E-state index contributed by atoms with van der Waals surface area (Å²) in [6, 6.07) is 21.1. The van der Waals surface area contributed by atoms with Crippen molar-refractivity contribution in [1.29, 1.82) is 0 Å². The fraction of sp³-hybridized carbons (Fsp3) is 0.273. The normalized spacial score (nSPS) is 11.5. The number of rotatable bonds is 6. The van der Waals surface area contributed by atoms with Crippen LogP contribution >= 0.6 is 0 Å². The second-order valence-electron chi connectivity index (χ2n) is 7.07. The van der Waals surface area contributed by atoms with Gasteiger partial charge in [-0.15, -0.1) is 10.2 Å². The second-order valence-corrected chi connectivity index (χ2v) is 7.07. The van der Waals surface area contributed by atoms with Gasteiger partial charge in [-0.1, -0.05) is 62.4 Å². The first-order valence-electron chi connectivity index (χ1n) is 9.15. The number of fused-ring (bicyclic) bond motifs is 1. The van der Waals surface area contributed by atoms with Gasteiger partial charge < -0.3 is 8.98 Å². The van der Waals surface area contributed by atoms with Crippen molar-refractivity contribution < 1.29 is 4.42 Å². The maximum Gasteiger partial charge on any atom is 0.264 e. The van der Waals surface area contributed by atoms with E-state index in [0.29, 0.717) is 17.7 Å². The third-order valence-corrected chi connectivity index (χ3v) is 4.55. The summed E-state index contributed by atoms with van der Waals surface area (Å²) < 4.78 is 8.25. The fourth-order valence-corrected chi connectivity index (χ4v) is 3.30. The standard InChI is InChI=1S/C22H23N3O/c1-16(2)14-21-23-24-22(26-21)20-15-18-10-6-7-11-19(18)25(20)13-12-17-8-4-3-5-9-17/h3-11,15-16H,12-14H2,1-2H3. The summed E-state index contributed by atoms with van der Waals surface area (Å²) in [4.78, 5) is 0. The van der Waals surface area contributed by atoms with Crippen molar-refractivity contribution in [3.8, 4) is 11.6 Å². The summed E-state index contributed by atoms with van der Waals surface area (Å²) in [6.45, 7) is 5.18. The number of nitrogens with zero attached hydrogens (tertiary/aromatic N) is 3. The van der Waals surface area contributed by atoms with Crippen LogP contribution in [0.4, 0.5) is 0 Å². The maximum atomic E-state index is 5.96. The van der Waals surface area contributed by atoms with Gasteiger partial charge in [0.1, 0.15) is 5.69 Å². The molecule has 0 saturated heterocycles. The Bertz CT molecular complexity index is 999. The Morgan fingerprint density at radius 1 is 0.962 bits per heavy atom. The molecule has 0 radical (unpaired) electrons. The molecule has 2 aromatic carbocycles. The van der Waals surface area contributed by atoms with Crippen LogP contribution in [-0.2, 0) is 19.4 Å². The number of para-hydroxylation sites is 1. The van der Waals surface area contributed by atoms with Crippen molar-refractivity contribution in [2.75, 3.05) is 0 Å². The van der Waals surface area contributed by atoms with Gasteiger partial charge in [0.25, 0.3) is 5.89 Å². The maximum absolute atomic E-state index is 5.96. The first kappa shape index (κ1) is 16.6. The van der Waals surface area contributed by atoms with Crippen LogP contribution in [0.15, 0.2) is 65.1 Å². The van der Waals surface area contributed by atoms with E-state index in [-0.39, 0.29) is 0 Å². The first-order chi connectivity index (χ1) is 12.7. The average molecular weight is 345 g/mol. The van der Waals surface area contributed by atoms with Gasteiger partial charge in [0.15, 0.2) is 0 Å². The molecular weight excluding hydrogens is 322 g/mol. The SMILES string of the molecule is CC(C)Cc1nnc(-c2cc3ccccc3n2CCc2ccccc2)o1. The van der Waals surface area contributed by atoms with E-state index in [4.69, 9.17) is 4.42 Å². The number of hydrogen-bond acceptors (Lipinski definition) is 3. The number of benzene rings is 2. The molecule has 0 fully saturated rings. The average Bonchev–Trinajstić information content (AvgIpc) is 3.24. The summed E-state index contributed by atoms with van der Waals surface area (Å²) >= 11 is 0. The number of aryl methyl sites for hydroxylation is 2. The van der Waals surface area contributed by atoms with E-state index in [1.54, 1.807) is 0 Å². The molecule has 4 aromatic rings. The van der Waals surface area contributed by atoms with Crippen LogP contribution in [0, 0.1) is 5.92 Å². The van der Waals surface area contributed by atoms with Crippen molar-refractivity contribution in [2.24, 2.45) is 5.92 Å². The van der Waals surface area contributed by atoms with E-state index in [0.717, 1.165) is 25.1 Å². The molecule has 0 saturated carbocycles. The highest BCUT2D eigenvalue weighted by molar-refractivity contribution is 5.85. The van der Waals surface area contributed by atoms with Crippen LogP contribution < -0.4 is 0 Å². The molecule has 4 heteroatoms. The minimum absolute atomic E-state index is 0.493. The van der Waals surface area contributed by atoms with Gasteiger partial charge in [-0.25, -0.2) is 0 Å². The smallest absolute Gasteiger partial charge is 0.264 e. The third kappa shape index (κ3) is 3.40. The van der Waals surface area contributed by atoms with Gasteiger partial charge in [-0.05, 0) is 30.0 Å². The van der Waals surface area contributed by atoms with Crippen LogP contribution in [0.25, 0.3) is 22.5 Å². The highest BCUT2D eigenvalue weighted by atomic mass is 16.4. The highest BCUT2D eigenvalue weighted by Gasteiger charge is 2.16. The predicted molar refractivity (Wildman–Crippen MR) is 104 cm³/mol. The van der Waals surface area contributed by atoms with Crippen LogP contribution in [0.3, 0.4) is 0 Å². The van der Waals surface area contributed by atoms with Gasteiger partial charge in [0.05, 0.1) is 0 Å². The second kappa shape index (κ2) is 7.16. The molecule has 132 valence electrons. The molecule has 0 aliphatic carbocycles. The van der Waals surface area contributed by atoms with Crippen molar-refractivity contribution in [3.63, 3.8) is 0 Å². The largest absolute Gasteiger partial charge is 0.419 e. The number of hydrogen-bond donors (Lipinski definition) is 0. The molecule has 0 bridgehead atoms. The van der Waals surface area contributed by atoms with Crippen molar-refractivity contribution >= 4 is 10.9 Å². The minimum Gasteiger partial charge on any atom is -0.419 e. The van der Waals surface area contributed by atoms with E-state index in [1.807, 2.05) is 0 Å². The molecule has 2 heterocycles. The molecule has 0 amide bonds. The number of aromatic nitrogens is 3. The Balaban J connectivity index is 1.70. The molecule has 2 aromatic heterocycles. The van der Waals surface area contributed by atoms with E-state index in [9.17, 15) is 0 Å². The van der Waals surface area contributed by atoms with Gasteiger partial charge in [0, 0.05) is 23.9 Å². The lowest BCUT2D eigenvalue weighted by Crippen LogP contribution is -2.03. The zero-order valence-electron chi connectivity index (χ0n) is 15.2. The topological polar surface area (TPSA) is 43.9 Å². The molecule has 0 aliphatic rings. The summed E-state index contributed by atoms with van der Waals surface area (Å²) in [5.74, 6) is 1.80. The van der Waals surface area contributed by atoms with Crippen molar-refractivity contribution in [2.45, 2.75) is 33.2 Å². The van der Waals surface area contributed by atoms with Crippen molar-refractivity contribution in [3.05, 3.63) is 72.1 Å². The Labute approximate surface area is 153 Å². The highest BCUT2D eigenvalue weighted by Crippen LogP contribution is 2.28. The molecule has 0 aliphatic heterocycles. The molecular formula is C22H23N3O. The van der Waals surface area contributed by atoms with E-state index < -0.39 is 0 Å². The monoisotopic (exact) mass is 345 g/mol. The molecule has 0 atom stereocenters. The Morgan fingerprint density at radius 2 is 1.73 bits per heavy atom. The first-order valence-corrected chi connectivity index (χ1v) is 9.15.